The molecule has 0 unspecified atom stereocenters. The van der Waals surface area contributed by atoms with Gasteiger partial charge in [0.15, 0.2) is 11.7 Å². The Morgan fingerprint density at radius 3 is 2.53 bits per heavy atom. The van der Waals surface area contributed by atoms with Crippen LogP contribution < -0.4 is 9.64 Å². The summed E-state index contributed by atoms with van der Waals surface area (Å²) in [5, 5.41) is 1.34. The minimum absolute atomic E-state index is 0.0504. The van der Waals surface area contributed by atoms with Crippen molar-refractivity contribution >= 4 is 56.0 Å². The fourth-order valence-electron chi connectivity index (χ4n) is 3.05. The summed E-state index contributed by atoms with van der Waals surface area (Å²) in [6, 6.07) is 13.2. The first-order chi connectivity index (χ1) is 14.5. The van der Waals surface area contributed by atoms with Crippen LogP contribution in [0, 0.1) is 0 Å². The molecule has 0 aliphatic heterocycles. The highest BCUT2D eigenvalue weighted by atomic mass is 35.5. The minimum Gasteiger partial charge on any atom is -0.484 e. The average Bonchev–Trinajstić information content (AvgIpc) is 3.20. The van der Waals surface area contributed by atoms with Crippen LogP contribution in [0.5, 0.6) is 5.75 Å². The van der Waals surface area contributed by atoms with Gasteiger partial charge in [-0.05, 0) is 55.7 Å². The molecule has 160 valence electrons. The summed E-state index contributed by atoms with van der Waals surface area (Å²) < 4.78 is 6.79. The maximum absolute atomic E-state index is 13.1. The molecule has 0 fully saturated rings. The van der Waals surface area contributed by atoms with Crippen molar-refractivity contribution in [3.63, 3.8) is 0 Å². The molecule has 1 aromatic heterocycles. The van der Waals surface area contributed by atoms with Gasteiger partial charge in [0, 0.05) is 23.0 Å². The Kier molecular flexibility index (Phi) is 8.39. The Morgan fingerprint density at radius 1 is 1.13 bits per heavy atom. The number of rotatable bonds is 10. The lowest BCUT2D eigenvalue weighted by molar-refractivity contribution is -0.120. The number of para-hydroxylation sites is 1. The summed E-state index contributed by atoms with van der Waals surface area (Å²) in [5.74, 6) is 0.507. The van der Waals surface area contributed by atoms with Crippen LogP contribution in [0.3, 0.4) is 0 Å². The number of thioether (sulfide) groups is 1. The molecule has 0 spiro atoms. The predicted molar refractivity (Wildman–Crippen MR) is 128 cm³/mol. The monoisotopic (exact) mass is 463 g/mol. The smallest absolute Gasteiger partial charge is 0.266 e. The molecule has 0 saturated carbocycles. The Morgan fingerprint density at radius 2 is 1.87 bits per heavy atom. The number of thiazole rings is 1. The van der Waals surface area contributed by atoms with Gasteiger partial charge in [0.2, 0.25) is 0 Å². The van der Waals surface area contributed by atoms with E-state index >= 15 is 0 Å². The van der Waals surface area contributed by atoms with Gasteiger partial charge in [0.25, 0.3) is 5.91 Å². The van der Waals surface area contributed by atoms with Crippen molar-refractivity contribution in [1.82, 2.24) is 9.88 Å². The van der Waals surface area contributed by atoms with E-state index in [0.717, 1.165) is 34.7 Å². The van der Waals surface area contributed by atoms with Crippen molar-refractivity contribution in [2.75, 3.05) is 43.9 Å². The van der Waals surface area contributed by atoms with E-state index in [1.54, 1.807) is 52.3 Å². The molecule has 0 aliphatic carbocycles. The standard InChI is InChI=1S/C22H26ClN3O2S2/c1-4-25(5-2)13-14-26(20(27)15-28-17-11-9-16(23)10-12-17)22-24-21-18(29-3)7-6-8-19(21)30-22/h6-12H,4-5,13-15H2,1-3H3. The summed E-state index contributed by atoms with van der Waals surface area (Å²) in [6.45, 7) is 7.44. The van der Waals surface area contributed by atoms with E-state index in [0.29, 0.717) is 22.4 Å². The summed E-state index contributed by atoms with van der Waals surface area (Å²) >= 11 is 9.13. The molecular formula is C22H26ClN3O2S2. The lowest BCUT2D eigenvalue weighted by atomic mass is 10.3. The molecular weight excluding hydrogens is 438 g/mol. The maximum Gasteiger partial charge on any atom is 0.266 e. The van der Waals surface area contributed by atoms with E-state index in [9.17, 15) is 4.79 Å². The lowest BCUT2D eigenvalue weighted by Crippen LogP contribution is -2.41. The molecule has 0 saturated heterocycles. The zero-order valence-electron chi connectivity index (χ0n) is 17.4. The molecule has 0 atom stereocenters. The predicted octanol–water partition coefficient (Wildman–Crippen LogP) is 5.43. The van der Waals surface area contributed by atoms with Gasteiger partial charge >= 0.3 is 0 Å². The van der Waals surface area contributed by atoms with Crippen molar-refractivity contribution < 1.29 is 9.53 Å². The molecule has 8 heteroatoms. The number of hydrogen-bond donors (Lipinski definition) is 0. The molecule has 0 N–H and O–H groups in total. The van der Waals surface area contributed by atoms with Gasteiger partial charge in [0.05, 0.1) is 10.2 Å². The molecule has 5 nitrogen and oxygen atoms in total. The number of hydrogen-bond acceptors (Lipinski definition) is 6. The Hall–Kier alpha value is -1.80. The Bertz CT molecular complexity index is 974. The minimum atomic E-state index is -0.109. The number of carbonyl (C=O) groups excluding carboxylic acids is 1. The Labute approximate surface area is 191 Å². The summed E-state index contributed by atoms with van der Waals surface area (Å²) in [6.07, 6.45) is 2.04. The van der Waals surface area contributed by atoms with Crippen molar-refractivity contribution in [2.45, 2.75) is 18.7 Å². The van der Waals surface area contributed by atoms with E-state index in [1.807, 2.05) is 18.4 Å². The van der Waals surface area contributed by atoms with Crippen molar-refractivity contribution in [3.05, 3.63) is 47.5 Å². The van der Waals surface area contributed by atoms with E-state index in [2.05, 4.69) is 24.8 Å². The number of ether oxygens (including phenoxy) is 1. The highest BCUT2D eigenvalue weighted by Crippen LogP contribution is 2.34. The third kappa shape index (κ3) is 5.66. The van der Waals surface area contributed by atoms with Crippen LogP contribution in [-0.2, 0) is 4.79 Å². The molecule has 0 aliphatic rings. The largest absolute Gasteiger partial charge is 0.484 e. The molecule has 30 heavy (non-hydrogen) atoms. The number of amides is 1. The number of benzene rings is 2. The van der Waals surface area contributed by atoms with Crippen LogP contribution >= 0.6 is 34.7 Å². The quantitative estimate of drug-likeness (QED) is 0.375. The van der Waals surface area contributed by atoms with Gasteiger partial charge in [-0.15, -0.1) is 11.8 Å². The lowest BCUT2D eigenvalue weighted by Gasteiger charge is -2.24. The SMILES string of the molecule is CCN(CC)CCN(C(=O)COc1ccc(Cl)cc1)c1nc2c(SC)cccc2s1. The number of aromatic nitrogens is 1. The molecule has 0 radical (unpaired) electrons. The third-order valence-corrected chi connectivity index (χ3v) is 6.90. The second kappa shape index (κ2) is 11.0. The highest BCUT2D eigenvalue weighted by Gasteiger charge is 2.21. The summed E-state index contributed by atoms with van der Waals surface area (Å²) in [4.78, 5) is 23.1. The van der Waals surface area contributed by atoms with E-state index in [1.165, 1.54) is 0 Å². The molecule has 2 aromatic carbocycles. The van der Waals surface area contributed by atoms with Gasteiger partial charge in [0.1, 0.15) is 5.75 Å². The second-order valence-corrected chi connectivity index (χ2v) is 8.91. The van der Waals surface area contributed by atoms with Crippen molar-refractivity contribution in [1.29, 1.82) is 0 Å². The second-order valence-electron chi connectivity index (χ2n) is 6.62. The first kappa shape index (κ1) is 22.9. The third-order valence-electron chi connectivity index (χ3n) is 4.83. The molecule has 3 aromatic rings. The highest BCUT2D eigenvalue weighted by molar-refractivity contribution is 7.98. The van der Waals surface area contributed by atoms with Gasteiger partial charge in [-0.25, -0.2) is 4.98 Å². The topological polar surface area (TPSA) is 45.7 Å². The van der Waals surface area contributed by atoms with Crippen LogP contribution in [0.15, 0.2) is 47.4 Å². The number of carbonyl (C=O) groups is 1. The van der Waals surface area contributed by atoms with Crippen LogP contribution in [0.1, 0.15) is 13.8 Å². The zero-order valence-corrected chi connectivity index (χ0v) is 19.8. The number of halogens is 1. The van der Waals surface area contributed by atoms with E-state index in [-0.39, 0.29) is 12.5 Å². The number of nitrogens with zero attached hydrogens (tertiary/aromatic N) is 3. The summed E-state index contributed by atoms with van der Waals surface area (Å²) in [7, 11) is 0. The molecule has 1 heterocycles. The fourth-order valence-corrected chi connectivity index (χ4v) is 4.84. The number of fused-ring (bicyclic) bond motifs is 1. The van der Waals surface area contributed by atoms with E-state index in [4.69, 9.17) is 21.3 Å². The van der Waals surface area contributed by atoms with Crippen LogP contribution in [-0.4, -0.2) is 54.8 Å². The molecule has 0 bridgehead atoms. The fraction of sp³-hybridized carbons (Fsp3) is 0.364. The first-order valence-electron chi connectivity index (χ1n) is 9.90. The Balaban J connectivity index is 1.82. The van der Waals surface area contributed by atoms with Crippen LogP contribution in [0.25, 0.3) is 10.2 Å². The first-order valence-corrected chi connectivity index (χ1v) is 12.3. The summed E-state index contributed by atoms with van der Waals surface area (Å²) in [5.41, 5.74) is 0.948. The van der Waals surface area contributed by atoms with Gasteiger partial charge in [-0.2, -0.15) is 0 Å². The molecule has 3 rings (SSSR count). The van der Waals surface area contributed by atoms with Gasteiger partial charge in [-0.3, -0.25) is 9.69 Å². The molecule has 1 amide bonds. The maximum atomic E-state index is 13.1. The van der Waals surface area contributed by atoms with Crippen LogP contribution in [0.4, 0.5) is 5.13 Å². The normalized spacial score (nSPS) is 11.2. The van der Waals surface area contributed by atoms with Gasteiger partial charge in [-0.1, -0.05) is 42.9 Å². The van der Waals surface area contributed by atoms with Crippen molar-refractivity contribution in [3.8, 4) is 5.75 Å². The zero-order chi connectivity index (χ0) is 21.5. The van der Waals surface area contributed by atoms with Crippen LogP contribution in [0.2, 0.25) is 5.02 Å². The number of likely N-dealkylation sites (N-methyl/N-ethyl adjacent to an activating group) is 1. The van der Waals surface area contributed by atoms with Gasteiger partial charge < -0.3 is 9.64 Å². The van der Waals surface area contributed by atoms with Crippen molar-refractivity contribution in [2.24, 2.45) is 0 Å². The average molecular weight is 464 g/mol. The number of anilines is 1. The van der Waals surface area contributed by atoms with E-state index < -0.39 is 0 Å².